The maximum atomic E-state index is 15.1. The van der Waals surface area contributed by atoms with Crippen LogP contribution in [0, 0.1) is 5.41 Å². The lowest BCUT2D eigenvalue weighted by Gasteiger charge is -2.35. The Kier molecular flexibility index (Phi) is 10.5. The Hall–Kier alpha value is -5.03. The molecule has 2 aromatic heterocycles. The predicted octanol–water partition coefficient (Wildman–Crippen LogP) is 7.78. The summed E-state index contributed by atoms with van der Waals surface area (Å²) in [6.07, 6.45) is -1.10. The lowest BCUT2D eigenvalue weighted by atomic mass is 9.75. The molecule has 6 rings (SSSR count). The molecule has 1 saturated carbocycles. The van der Waals surface area contributed by atoms with Crippen molar-refractivity contribution in [1.82, 2.24) is 35.3 Å². The van der Waals surface area contributed by atoms with Gasteiger partial charge in [-0.15, -0.1) is 0 Å². The molecule has 2 aliphatic rings. The largest absolute Gasteiger partial charge is 0.471 e. The zero-order chi connectivity index (χ0) is 39.2. The molecule has 1 fully saturated rings. The highest BCUT2D eigenvalue weighted by Crippen LogP contribution is 2.46. The molecule has 3 heterocycles. The number of alkyl halides is 5. The van der Waals surface area contributed by atoms with Crippen LogP contribution >= 0.6 is 23.2 Å². The van der Waals surface area contributed by atoms with Gasteiger partial charge in [0.25, 0.3) is 5.91 Å². The number of alkyl carbamates (subject to hydrolysis) is 1. The number of aromatic amines is 1. The van der Waals surface area contributed by atoms with Crippen LogP contribution in [0.2, 0.25) is 10.2 Å². The van der Waals surface area contributed by atoms with Crippen molar-refractivity contribution in [3.05, 3.63) is 82.4 Å². The molecule has 0 spiro atoms. The molecule has 1 aliphatic carbocycles. The number of imidazole rings is 1. The minimum atomic E-state index is -5.38. The van der Waals surface area contributed by atoms with Crippen LogP contribution in [0.4, 0.5) is 26.7 Å². The second-order valence-electron chi connectivity index (χ2n) is 14.1. The highest BCUT2D eigenvalue weighted by atomic mass is 35.5. The molecule has 0 bridgehead atoms. The van der Waals surface area contributed by atoms with Crippen molar-refractivity contribution in [2.45, 2.75) is 70.4 Å². The van der Waals surface area contributed by atoms with Gasteiger partial charge in [0.05, 0.1) is 23.5 Å². The lowest BCUT2D eigenvalue weighted by Crippen LogP contribution is -2.51. The van der Waals surface area contributed by atoms with Crippen molar-refractivity contribution < 1.29 is 41.1 Å². The van der Waals surface area contributed by atoms with Gasteiger partial charge in [0.1, 0.15) is 17.6 Å². The summed E-state index contributed by atoms with van der Waals surface area (Å²) in [6, 6.07) is 9.04. The van der Waals surface area contributed by atoms with Crippen LogP contribution in [-0.4, -0.2) is 67.3 Å². The third-order valence-electron chi connectivity index (χ3n) is 8.62. The highest BCUT2D eigenvalue weighted by molar-refractivity contribution is 6.33. The van der Waals surface area contributed by atoms with E-state index in [9.17, 15) is 31.5 Å². The molecule has 12 nitrogen and oxygen atoms in total. The van der Waals surface area contributed by atoms with Gasteiger partial charge in [-0.25, -0.2) is 19.5 Å². The average molecular weight is 796 g/mol. The standard InChI is InChI=1S/C35H33Cl2F5N8O4/c1-33(2,3)17-34(21-7-4-18(5-8-21)20-13-44-49(15-20)30(38)39)29(52)50(31(48-34)47-28(51)35(40,41)42)25(16-54-32(53)45-22-9-10-22)19-6-11-24(36)23(12-19)27-43-14-26(37)46-27/h4-8,11-15,22,25,30H,9-10,16-17H2,1-3H3,(H,43,46)(H,45,53)(H,47,48,51)/t25?,34-/m1/s1. The van der Waals surface area contributed by atoms with Gasteiger partial charge in [-0.3, -0.25) is 19.8 Å². The summed E-state index contributed by atoms with van der Waals surface area (Å²) < 4.78 is 73.9. The fourth-order valence-electron chi connectivity index (χ4n) is 6.11. The number of nitrogens with zero attached hydrogens (tertiary/aromatic N) is 5. The number of hydrogen-bond donors (Lipinski definition) is 3. The fourth-order valence-corrected chi connectivity index (χ4v) is 6.46. The third kappa shape index (κ3) is 8.36. The molecule has 54 heavy (non-hydrogen) atoms. The Bertz CT molecular complexity index is 2090. The van der Waals surface area contributed by atoms with Gasteiger partial charge in [0, 0.05) is 23.4 Å². The number of guanidine groups is 1. The first-order chi connectivity index (χ1) is 25.3. The monoisotopic (exact) mass is 794 g/mol. The number of ether oxygens (including phenoxy) is 1. The van der Waals surface area contributed by atoms with Gasteiger partial charge < -0.3 is 15.0 Å². The van der Waals surface area contributed by atoms with Crippen LogP contribution in [0.15, 0.2) is 66.0 Å². The van der Waals surface area contributed by atoms with Crippen molar-refractivity contribution >= 4 is 47.1 Å². The summed E-state index contributed by atoms with van der Waals surface area (Å²) in [5, 5.41) is 8.49. The molecule has 4 aromatic rings. The SMILES string of the molecule is CC(C)(C)C[C@]1(c2ccc(-c3cnn(C(F)F)c3)cc2)N=C(NC(=O)C(F)(F)F)N(C(COC(=O)NC2CC2)c2ccc(Cl)c(-c3ncc(Cl)[nH]3)c2)C1=O. The number of rotatable bonds is 10. The van der Waals surface area contributed by atoms with Crippen LogP contribution in [0.1, 0.15) is 63.8 Å². The number of amides is 3. The summed E-state index contributed by atoms with van der Waals surface area (Å²) in [7, 11) is 0. The minimum absolute atomic E-state index is 0.0735. The topological polar surface area (TPSA) is 147 Å². The predicted molar refractivity (Wildman–Crippen MR) is 187 cm³/mol. The Morgan fingerprint density at radius 2 is 1.76 bits per heavy atom. The van der Waals surface area contributed by atoms with Gasteiger partial charge in [-0.1, -0.05) is 74.3 Å². The Morgan fingerprint density at radius 3 is 2.33 bits per heavy atom. The number of aliphatic imine (C=N–C) groups is 1. The number of carbonyl (C=O) groups is 3. The molecule has 3 amide bonds. The normalized spacial score (nSPS) is 18.2. The summed E-state index contributed by atoms with van der Waals surface area (Å²) in [5.74, 6) is -3.76. The number of aromatic nitrogens is 4. The average Bonchev–Trinajstić information content (AvgIpc) is 3.45. The van der Waals surface area contributed by atoms with Gasteiger partial charge in [-0.05, 0) is 53.5 Å². The second kappa shape index (κ2) is 14.7. The number of carbonyl (C=O) groups excluding carboxylic acids is 3. The van der Waals surface area contributed by atoms with E-state index in [1.54, 1.807) is 26.1 Å². The number of hydrogen-bond acceptors (Lipinski definition) is 7. The maximum Gasteiger partial charge on any atom is 0.471 e. The van der Waals surface area contributed by atoms with E-state index in [0.717, 1.165) is 23.9 Å². The summed E-state index contributed by atoms with van der Waals surface area (Å²) in [4.78, 5) is 53.0. The van der Waals surface area contributed by atoms with E-state index < -0.39 is 60.2 Å². The van der Waals surface area contributed by atoms with Crippen LogP contribution in [0.3, 0.4) is 0 Å². The van der Waals surface area contributed by atoms with E-state index in [0.29, 0.717) is 21.4 Å². The van der Waals surface area contributed by atoms with Crippen LogP contribution in [-0.2, 0) is 19.9 Å². The van der Waals surface area contributed by atoms with Gasteiger partial charge in [0.15, 0.2) is 5.54 Å². The molecule has 3 N–H and O–H groups in total. The molecule has 19 heteroatoms. The first kappa shape index (κ1) is 38.7. The van der Waals surface area contributed by atoms with E-state index in [2.05, 4.69) is 25.4 Å². The molecule has 0 saturated heterocycles. The Labute approximate surface area is 315 Å². The second-order valence-corrected chi connectivity index (χ2v) is 14.9. The molecule has 2 atom stereocenters. The van der Waals surface area contributed by atoms with Gasteiger partial charge in [-0.2, -0.15) is 27.1 Å². The van der Waals surface area contributed by atoms with Crippen molar-refractivity contribution in [2.75, 3.05) is 6.61 Å². The van der Waals surface area contributed by atoms with E-state index >= 15 is 4.79 Å². The zero-order valence-electron chi connectivity index (χ0n) is 28.8. The van der Waals surface area contributed by atoms with Crippen LogP contribution in [0.5, 0.6) is 0 Å². The smallest absolute Gasteiger partial charge is 0.447 e. The Morgan fingerprint density at radius 1 is 1.06 bits per heavy atom. The van der Waals surface area contributed by atoms with Crippen molar-refractivity contribution in [3.63, 3.8) is 0 Å². The first-order valence-electron chi connectivity index (χ1n) is 16.5. The van der Waals surface area contributed by atoms with Crippen molar-refractivity contribution in [2.24, 2.45) is 10.4 Å². The molecular weight excluding hydrogens is 762 g/mol. The first-order valence-corrected chi connectivity index (χ1v) is 17.3. The third-order valence-corrected chi connectivity index (χ3v) is 9.14. The number of H-pyrrole nitrogens is 1. The van der Waals surface area contributed by atoms with Gasteiger partial charge in [0.2, 0.25) is 5.96 Å². The summed E-state index contributed by atoms with van der Waals surface area (Å²) >= 11 is 12.6. The highest BCUT2D eigenvalue weighted by Gasteiger charge is 2.55. The molecule has 1 aliphatic heterocycles. The quantitative estimate of drug-likeness (QED) is 0.140. The fraction of sp³-hybridized carbons (Fsp3) is 0.371. The van der Waals surface area contributed by atoms with Crippen molar-refractivity contribution in [1.29, 1.82) is 0 Å². The molecule has 1 unspecified atom stereocenters. The van der Waals surface area contributed by atoms with E-state index in [1.807, 2.05) is 0 Å². The zero-order valence-corrected chi connectivity index (χ0v) is 30.4. The van der Waals surface area contributed by atoms with E-state index in [1.165, 1.54) is 54.9 Å². The Balaban J connectivity index is 1.49. The van der Waals surface area contributed by atoms with Crippen LogP contribution < -0.4 is 10.6 Å². The summed E-state index contributed by atoms with van der Waals surface area (Å²) in [6.45, 7) is 1.92. The molecule has 0 radical (unpaired) electrons. The minimum Gasteiger partial charge on any atom is -0.447 e. The number of halogens is 7. The van der Waals surface area contributed by atoms with Gasteiger partial charge >= 0.3 is 24.7 Å². The van der Waals surface area contributed by atoms with Crippen LogP contribution in [0.25, 0.3) is 22.5 Å². The van der Waals surface area contributed by atoms with Crippen molar-refractivity contribution in [3.8, 4) is 22.5 Å². The molecule has 2 aromatic carbocycles. The summed E-state index contributed by atoms with van der Waals surface area (Å²) in [5.41, 5.74) is -1.10. The van der Waals surface area contributed by atoms with E-state index in [-0.39, 0.29) is 39.6 Å². The molecular formula is C35H33Cl2F5N8O4. The number of nitrogens with one attached hydrogen (secondary N) is 3. The molecule has 286 valence electrons. The lowest BCUT2D eigenvalue weighted by molar-refractivity contribution is -0.172. The van der Waals surface area contributed by atoms with E-state index in [4.69, 9.17) is 27.9 Å². The maximum absolute atomic E-state index is 15.1. The number of benzene rings is 2.